The minimum absolute atomic E-state index is 0.00881. The molecule has 0 unspecified atom stereocenters. The molecule has 29 heavy (non-hydrogen) atoms. The summed E-state index contributed by atoms with van der Waals surface area (Å²) in [5.74, 6) is 0.0309. The van der Waals surface area contributed by atoms with Crippen LogP contribution in [-0.2, 0) is 14.4 Å². The third kappa shape index (κ3) is 5.04. The fourth-order valence-corrected chi connectivity index (χ4v) is 2.90. The second-order valence-electron chi connectivity index (χ2n) is 6.47. The number of hydrogen-bond acceptors (Lipinski definition) is 6. The van der Waals surface area contributed by atoms with E-state index >= 15 is 0 Å². The molecule has 8 nitrogen and oxygen atoms in total. The van der Waals surface area contributed by atoms with E-state index in [0.717, 1.165) is 16.8 Å². The lowest BCUT2D eigenvalue weighted by molar-refractivity contribution is -0.139. The number of amides is 1. The molecule has 0 saturated heterocycles. The maximum atomic E-state index is 12.1. The van der Waals surface area contributed by atoms with E-state index < -0.39 is 5.97 Å². The van der Waals surface area contributed by atoms with Gasteiger partial charge in [-0.3, -0.25) is 4.79 Å². The Morgan fingerprint density at radius 2 is 2.07 bits per heavy atom. The summed E-state index contributed by atoms with van der Waals surface area (Å²) >= 11 is 0. The fraction of sp³-hybridized carbons (Fsp3) is 0.286. The van der Waals surface area contributed by atoms with E-state index in [9.17, 15) is 9.59 Å². The van der Waals surface area contributed by atoms with Crippen LogP contribution in [0.25, 0.3) is 0 Å². The Bertz CT molecular complexity index is 941. The minimum Gasteiger partial charge on any atom is -0.482 e. The molecule has 1 amide bonds. The Hall–Kier alpha value is -3.55. The van der Waals surface area contributed by atoms with Crippen LogP contribution in [0.2, 0.25) is 0 Å². The molecular weight excluding hydrogens is 376 g/mol. The van der Waals surface area contributed by atoms with Crippen LogP contribution in [0.4, 0.5) is 5.69 Å². The fourth-order valence-electron chi connectivity index (χ4n) is 2.90. The maximum absolute atomic E-state index is 12.1. The van der Waals surface area contributed by atoms with E-state index in [0.29, 0.717) is 23.8 Å². The van der Waals surface area contributed by atoms with Gasteiger partial charge in [-0.1, -0.05) is 17.3 Å². The number of ether oxygens (including phenoxy) is 2. The topological polar surface area (TPSA) is 97.7 Å². The number of aliphatic carboxylic acids is 1. The molecular formula is C21H22N2O6. The molecule has 1 N–H and O–H groups in total. The SMILES string of the molecule is C/C(=N\OCCN1C(=O)COc2ccccc21)c1ccc(OCC(=O)O)c(C)c1. The first kappa shape index (κ1) is 20.2. The molecule has 0 atom stereocenters. The normalized spacial score (nSPS) is 13.5. The van der Waals surface area contributed by atoms with Gasteiger partial charge >= 0.3 is 5.97 Å². The highest BCUT2D eigenvalue weighted by molar-refractivity contribution is 5.99. The predicted octanol–water partition coefficient (Wildman–Crippen LogP) is 2.62. The largest absolute Gasteiger partial charge is 0.482 e. The summed E-state index contributed by atoms with van der Waals surface area (Å²) in [7, 11) is 0. The molecule has 8 heteroatoms. The summed E-state index contributed by atoms with van der Waals surface area (Å²) in [6.45, 7) is 3.85. The van der Waals surface area contributed by atoms with Gasteiger partial charge < -0.3 is 24.3 Å². The van der Waals surface area contributed by atoms with Crippen molar-refractivity contribution in [3.05, 3.63) is 53.6 Å². The standard InChI is InChI=1S/C21H22N2O6/c1-14-11-16(7-8-18(14)28-13-21(25)26)15(2)22-29-10-9-23-17-5-3-4-6-19(17)27-12-20(23)24/h3-8,11H,9-10,12-13H2,1-2H3,(H,25,26)/b22-15+. The lowest BCUT2D eigenvalue weighted by Gasteiger charge is -2.28. The number of oxime groups is 1. The Labute approximate surface area is 168 Å². The average molecular weight is 398 g/mol. The van der Waals surface area contributed by atoms with Gasteiger partial charge in [0.1, 0.15) is 18.1 Å². The van der Waals surface area contributed by atoms with E-state index in [1.54, 1.807) is 17.0 Å². The molecule has 1 aliphatic heterocycles. The molecule has 0 aliphatic carbocycles. The van der Waals surface area contributed by atoms with Crippen molar-refractivity contribution in [2.75, 3.05) is 31.3 Å². The van der Waals surface area contributed by atoms with Gasteiger partial charge in [0, 0.05) is 0 Å². The van der Waals surface area contributed by atoms with Gasteiger partial charge in [0.25, 0.3) is 5.91 Å². The van der Waals surface area contributed by atoms with Crippen LogP contribution in [-0.4, -0.2) is 49.1 Å². The quantitative estimate of drug-likeness (QED) is 0.417. The average Bonchev–Trinajstić information content (AvgIpc) is 2.71. The third-order valence-corrected chi connectivity index (χ3v) is 4.36. The summed E-state index contributed by atoms with van der Waals surface area (Å²) in [6, 6.07) is 12.7. The predicted molar refractivity (Wildman–Crippen MR) is 107 cm³/mol. The van der Waals surface area contributed by atoms with Crippen molar-refractivity contribution in [3.8, 4) is 11.5 Å². The van der Waals surface area contributed by atoms with Crippen molar-refractivity contribution < 1.29 is 29.0 Å². The number of rotatable bonds is 8. The molecule has 0 spiro atoms. The Morgan fingerprint density at radius 3 is 2.83 bits per heavy atom. The number of carbonyl (C=O) groups excluding carboxylic acids is 1. The molecule has 1 aliphatic rings. The van der Waals surface area contributed by atoms with Crippen LogP contribution < -0.4 is 14.4 Å². The maximum Gasteiger partial charge on any atom is 0.341 e. The molecule has 152 valence electrons. The second-order valence-corrected chi connectivity index (χ2v) is 6.47. The summed E-state index contributed by atoms with van der Waals surface area (Å²) in [6.07, 6.45) is 0. The summed E-state index contributed by atoms with van der Waals surface area (Å²) in [5, 5.41) is 12.8. The van der Waals surface area contributed by atoms with E-state index in [2.05, 4.69) is 5.16 Å². The number of aryl methyl sites for hydroxylation is 1. The number of carboxylic acids is 1. The number of carbonyl (C=O) groups is 2. The summed E-state index contributed by atoms with van der Waals surface area (Å²) in [4.78, 5) is 29.8. The van der Waals surface area contributed by atoms with E-state index in [1.807, 2.05) is 44.2 Å². The van der Waals surface area contributed by atoms with Crippen molar-refractivity contribution in [1.82, 2.24) is 0 Å². The molecule has 0 bridgehead atoms. The van der Waals surface area contributed by atoms with Crippen molar-refractivity contribution in [2.45, 2.75) is 13.8 Å². The van der Waals surface area contributed by atoms with E-state index in [4.69, 9.17) is 19.4 Å². The van der Waals surface area contributed by atoms with Crippen LogP contribution in [0.3, 0.4) is 0 Å². The smallest absolute Gasteiger partial charge is 0.341 e. The van der Waals surface area contributed by atoms with E-state index in [-0.39, 0.29) is 25.7 Å². The molecule has 1 heterocycles. The van der Waals surface area contributed by atoms with Crippen molar-refractivity contribution in [1.29, 1.82) is 0 Å². The highest BCUT2D eigenvalue weighted by Crippen LogP contribution is 2.31. The van der Waals surface area contributed by atoms with Gasteiger partial charge in [-0.2, -0.15) is 0 Å². The number of anilines is 1. The number of benzene rings is 2. The first-order chi connectivity index (χ1) is 14.0. The molecule has 3 rings (SSSR count). The molecule has 0 saturated carbocycles. The zero-order chi connectivity index (χ0) is 20.8. The first-order valence-electron chi connectivity index (χ1n) is 9.10. The van der Waals surface area contributed by atoms with Gasteiger partial charge in [0.15, 0.2) is 13.2 Å². The van der Waals surface area contributed by atoms with Crippen LogP contribution in [0.1, 0.15) is 18.1 Å². The van der Waals surface area contributed by atoms with Crippen LogP contribution in [0.15, 0.2) is 47.6 Å². The lowest BCUT2D eigenvalue weighted by atomic mass is 10.1. The molecule has 0 aromatic heterocycles. The monoisotopic (exact) mass is 398 g/mol. The van der Waals surface area contributed by atoms with Crippen molar-refractivity contribution in [2.24, 2.45) is 5.16 Å². The minimum atomic E-state index is -1.03. The molecule has 0 radical (unpaired) electrons. The first-order valence-corrected chi connectivity index (χ1v) is 9.10. The second kappa shape index (κ2) is 9.09. The van der Waals surface area contributed by atoms with Crippen molar-refractivity contribution >= 4 is 23.3 Å². The number of para-hydroxylation sites is 2. The van der Waals surface area contributed by atoms with Crippen LogP contribution in [0.5, 0.6) is 11.5 Å². The lowest BCUT2D eigenvalue weighted by Crippen LogP contribution is -2.40. The number of nitrogens with zero attached hydrogens (tertiary/aromatic N) is 2. The van der Waals surface area contributed by atoms with Crippen molar-refractivity contribution in [3.63, 3.8) is 0 Å². The molecule has 2 aromatic rings. The number of hydrogen-bond donors (Lipinski definition) is 1. The van der Waals surface area contributed by atoms with Gasteiger partial charge in [0.05, 0.1) is 17.9 Å². The molecule has 0 fully saturated rings. The highest BCUT2D eigenvalue weighted by atomic mass is 16.6. The summed E-state index contributed by atoms with van der Waals surface area (Å²) < 4.78 is 10.6. The number of carboxylic acid groups (broad SMARTS) is 1. The van der Waals surface area contributed by atoms with Gasteiger partial charge in [-0.25, -0.2) is 4.79 Å². The Balaban J connectivity index is 1.57. The Morgan fingerprint density at radius 1 is 1.28 bits per heavy atom. The van der Waals surface area contributed by atoms with Gasteiger partial charge in [0.2, 0.25) is 0 Å². The van der Waals surface area contributed by atoms with Crippen LogP contribution >= 0.6 is 0 Å². The summed E-state index contributed by atoms with van der Waals surface area (Å²) in [5.41, 5.74) is 3.01. The van der Waals surface area contributed by atoms with E-state index in [1.165, 1.54) is 0 Å². The van der Waals surface area contributed by atoms with Gasteiger partial charge in [-0.15, -0.1) is 0 Å². The van der Waals surface area contributed by atoms with Crippen LogP contribution in [0, 0.1) is 6.92 Å². The zero-order valence-electron chi connectivity index (χ0n) is 16.3. The highest BCUT2D eigenvalue weighted by Gasteiger charge is 2.24. The Kier molecular flexibility index (Phi) is 6.33. The molecule has 2 aromatic carbocycles. The third-order valence-electron chi connectivity index (χ3n) is 4.36. The number of fused-ring (bicyclic) bond motifs is 1. The zero-order valence-corrected chi connectivity index (χ0v) is 16.3. The van der Waals surface area contributed by atoms with Gasteiger partial charge in [-0.05, 0) is 55.3 Å².